The van der Waals surface area contributed by atoms with Crippen LogP contribution in [0.5, 0.6) is 0 Å². The van der Waals surface area contributed by atoms with Crippen LogP contribution >= 0.6 is 0 Å². The zero-order valence-electron chi connectivity index (χ0n) is 15.3. The lowest BCUT2D eigenvalue weighted by Crippen LogP contribution is -2.63. The molecule has 1 aliphatic rings. The van der Waals surface area contributed by atoms with Crippen LogP contribution in [0.25, 0.3) is 0 Å². The summed E-state index contributed by atoms with van der Waals surface area (Å²) in [5.74, 6) is -0.124. The molecule has 0 saturated heterocycles. The van der Waals surface area contributed by atoms with E-state index >= 15 is 0 Å². The highest BCUT2D eigenvalue weighted by Gasteiger charge is 2.45. The van der Waals surface area contributed by atoms with Gasteiger partial charge in [0.05, 0.1) is 0 Å². The lowest BCUT2D eigenvalue weighted by molar-refractivity contribution is 0.0935. The topological polar surface area (TPSA) is 62.7 Å². The van der Waals surface area contributed by atoms with Crippen LogP contribution in [-0.4, -0.2) is 33.6 Å². The van der Waals surface area contributed by atoms with Crippen LogP contribution in [0, 0.1) is 0 Å². The molecule has 1 atom stereocenters. The number of benzene rings is 1. The van der Waals surface area contributed by atoms with Gasteiger partial charge in [0.25, 0.3) is 11.9 Å². The third-order valence-corrected chi connectivity index (χ3v) is 7.19. The summed E-state index contributed by atoms with van der Waals surface area (Å²) in [4.78, 5) is 17.5. The number of hydrogen-bond acceptors (Lipinski definition) is 4. The summed E-state index contributed by atoms with van der Waals surface area (Å²) in [7, 11) is -3.72. The Bertz CT molecular complexity index is 661. The maximum atomic E-state index is 12.7. The fourth-order valence-corrected chi connectivity index (χ4v) is 4.51. The van der Waals surface area contributed by atoms with E-state index in [2.05, 4.69) is 49.9 Å². The van der Waals surface area contributed by atoms with E-state index in [4.69, 9.17) is 9.42 Å². The lowest BCUT2D eigenvalue weighted by atomic mass is 10.2. The molecule has 0 bridgehead atoms. The van der Waals surface area contributed by atoms with Crippen LogP contribution in [0.15, 0.2) is 47.6 Å². The second-order valence-corrected chi connectivity index (χ2v) is 17.6. The van der Waals surface area contributed by atoms with Crippen molar-refractivity contribution in [3.63, 3.8) is 0 Å². The van der Waals surface area contributed by atoms with E-state index in [1.54, 1.807) is 12.1 Å². The molecule has 5 nitrogen and oxygen atoms in total. The summed E-state index contributed by atoms with van der Waals surface area (Å²) < 4.78 is 6.01. The molecule has 0 fully saturated rings. The molecule has 130 valence electrons. The first-order valence-corrected chi connectivity index (χ1v) is 15.0. The summed E-state index contributed by atoms with van der Waals surface area (Å²) in [5, 5.41) is 5.48. The number of amidine groups is 1. The molecule has 0 aliphatic carbocycles. The number of carbonyl (C=O) groups is 1. The highest BCUT2D eigenvalue weighted by molar-refractivity contribution is 6.80. The number of carbonyl (C=O) groups excluding carboxylic acids is 1. The minimum atomic E-state index is -1.93. The van der Waals surface area contributed by atoms with Gasteiger partial charge in [0.15, 0.2) is 0 Å². The van der Waals surface area contributed by atoms with Gasteiger partial charge in [-0.05, 0) is 37.8 Å². The van der Waals surface area contributed by atoms with E-state index in [9.17, 15) is 4.79 Å². The van der Waals surface area contributed by atoms with Crippen molar-refractivity contribution in [2.24, 2.45) is 4.99 Å². The van der Waals surface area contributed by atoms with Gasteiger partial charge in [-0.2, -0.15) is 0 Å². The van der Waals surface area contributed by atoms with Crippen molar-refractivity contribution < 1.29 is 9.22 Å². The van der Waals surface area contributed by atoms with Crippen molar-refractivity contribution in [1.29, 1.82) is 0 Å². The van der Waals surface area contributed by atoms with E-state index in [1.807, 2.05) is 30.5 Å². The van der Waals surface area contributed by atoms with Crippen LogP contribution in [0.4, 0.5) is 0 Å². The number of nitrogens with zero attached hydrogens (tertiary/aromatic N) is 1. The van der Waals surface area contributed by atoms with E-state index < -0.39 is 21.7 Å². The van der Waals surface area contributed by atoms with Gasteiger partial charge in [0.2, 0.25) is 8.32 Å². The molecular formula is C17H27N3O2Si2. The number of amides is 1. The Morgan fingerprint density at radius 2 is 1.75 bits per heavy atom. The Labute approximate surface area is 146 Å². The molecule has 0 saturated carbocycles. The largest absolute Gasteiger partial charge is 0.519 e. The minimum Gasteiger partial charge on any atom is -0.519 e. The quantitative estimate of drug-likeness (QED) is 0.809. The first-order chi connectivity index (χ1) is 11.0. The molecule has 1 aromatic rings. The fraction of sp³-hybridized carbons (Fsp3) is 0.412. The highest BCUT2D eigenvalue weighted by Crippen LogP contribution is 2.27. The molecule has 7 heteroatoms. The lowest BCUT2D eigenvalue weighted by Gasteiger charge is -2.41. The maximum absolute atomic E-state index is 12.7. The third kappa shape index (κ3) is 4.36. The predicted octanol–water partition coefficient (Wildman–Crippen LogP) is 3.31. The van der Waals surface area contributed by atoms with E-state index in [0.717, 1.165) is 0 Å². The monoisotopic (exact) mass is 361 g/mol. The molecule has 0 aromatic heterocycles. The van der Waals surface area contributed by atoms with Gasteiger partial charge in [-0.3, -0.25) is 4.79 Å². The molecular weight excluding hydrogens is 334 g/mol. The fourth-order valence-electron chi connectivity index (χ4n) is 2.32. The second kappa shape index (κ2) is 6.56. The summed E-state index contributed by atoms with van der Waals surface area (Å²) >= 11 is 0. The Hall–Kier alpha value is -1.87. The molecule has 24 heavy (non-hydrogen) atoms. The smallest absolute Gasteiger partial charge is 0.277 e. The van der Waals surface area contributed by atoms with Crippen molar-refractivity contribution >= 4 is 28.3 Å². The summed E-state index contributed by atoms with van der Waals surface area (Å²) in [6.45, 7) is 12.9. The van der Waals surface area contributed by atoms with Crippen LogP contribution in [-0.2, 0) is 4.43 Å². The Balaban J connectivity index is 2.35. The van der Waals surface area contributed by atoms with Gasteiger partial charge in [-0.1, -0.05) is 37.8 Å². The molecule has 1 aromatic carbocycles. The summed E-state index contributed by atoms with van der Waals surface area (Å²) in [6, 6.07) is 9.72. The highest BCUT2D eigenvalue weighted by atomic mass is 28.4. The number of nitrogens with one attached hydrogen (secondary N) is 2. The Morgan fingerprint density at radius 3 is 2.29 bits per heavy atom. The number of rotatable bonds is 4. The Kier molecular flexibility index (Phi) is 5.05. The van der Waals surface area contributed by atoms with E-state index in [-0.39, 0.29) is 5.91 Å². The minimum absolute atomic E-state index is 0.124. The molecule has 0 spiro atoms. The number of aliphatic imine (C=N–C) groups is 1. The van der Waals surface area contributed by atoms with Crippen molar-refractivity contribution in [2.45, 2.75) is 44.6 Å². The van der Waals surface area contributed by atoms with Gasteiger partial charge >= 0.3 is 0 Å². The summed E-state index contributed by atoms with van der Waals surface area (Å²) in [6.07, 6.45) is 3.77. The molecule has 2 N–H and O–H groups in total. The van der Waals surface area contributed by atoms with Crippen molar-refractivity contribution in [3.05, 3.63) is 48.2 Å². The standard InChI is InChI=1S/C17H27N3O2Si2/c1-23(2,3)17(19-15(21)14-10-8-7-9-11-14)12-13-18-16(20-17)22-24(4,5)6/h7-13H,1-6H3,(H,18,20)(H,19,21). The first-order valence-electron chi connectivity index (χ1n) is 8.13. The van der Waals surface area contributed by atoms with Crippen molar-refractivity contribution in [1.82, 2.24) is 10.6 Å². The molecule has 0 radical (unpaired) electrons. The van der Waals surface area contributed by atoms with Gasteiger partial charge in [-0.15, -0.1) is 0 Å². The molecule has 2 rings (SSSR count). The zero-order valence-corrected chi connectivity index (χ0v) is 17.3. The van der Waals surface area contributed by atoms with Crippen molar-refractivity contribution in [2.75, 3.05) is 0 Å². The molecule has 1 unspecified atom stereocenters. The van der Waals surface area contributed by atoms with Crippen LogP contribution in [0.1, 0.15) is 10.4 Å². The van der Waals surface area contributed by atoms with Gasteiger partial charge < -0.3 is 15.1 Å². The van der Waals surface area contributed by atoms with E-state index in [0.29, 0.717) is 11.6 Å². The van der Waals surface area contributed by atoms with Gasteiger partial charge in [0.1, 0.15) is 13.4 Å². The first kappa shape index (κ1) is 18.5. The summed E-state index contributed by atoms with van der Waals surface area (Å²) in [5.41, 5.74) is 0.630. The van der Waals surface area contributed by atoms with E-state index in [1.165, 1.54) is 0 Å². The van der Waals surface area contributed by atoms with Crippen LogP contribution in [0.3, 0.4) is 0 Å². The third-order valence-electron chi connectivity index (χ3n) is 3.70. The zero-order chi connectivity index (χ0) is 18.0. The van der Waals surface area contributed by atoms with Crippen LogP contribution < -0.4 is 10.6 Å². The normalized spacial score (nSPS) is 20.8. The molecule has 1 amide bonds. The van der Waals surface area contributed by atoms with Gasteiger partial charge in [0, 0.05) is 11.8 Å². The predicted molar refractivity (Wildman–Crippen MR) is 104 cm³/mol. The Morgan fingerprint density at radius 1 is 1.12 bits per heavy atom. The average Bonchev–Trinajstić information content (AvgIpc) is 2.45. The van der Waals surface area contributed by atoms with Crippen LogP contribution in [0.2, 0.25) is 39.3 Å². The van der Waals surface area contributed by atoms with Gasteiger partial charge in [-0.25, -0.2) is 4.99 Å². The average molecular weight is 362 g/mol. The number of hydrogen-bond donors (Lipinski definition) is 2. The SMILES string of the molecule is C[Si](C)(C)OC1=NC(NC(=O)c2ccccc2)([Si](C)(C)C)C=CN1. The molecule has 1 aliphatic heterocycles. The molecule has 1 heterocycles. The van der Waals surface area contributed by atoms with Crippen molar-refractivity contribution in [3.8, 4) is 0 Å². The maximum Gasteiger partial charge on any atom is 0.277 e. The second-order valence-electron chi connectivity index (χ2n) is 7.95.